The highest BCUT2D eigenvalue weighted by Gasteiger charge is 2.02. The fraction of sp³-hybridized carbons (Fsp3) is 0.429. The molecule has 60 valence electrons. The SMILES string of the molecule is CC(C)n1cc(C(N)=S)cn1. The van der Waals surface area contributed by atoms with Gasteiger partial charge in [-0.05, 0) is 13.8 Å². The number of aromatic nitrogens is 2. The van der Waals surface area contributed by atoms with Crippen LogP contribution in [0, 0.1) is 0 Å². The Morgan fingerprint density at radius 2 is 2.36 bits per heavy atom. The molecule has 1 heterocycles. The van der Waals surface area contributed by atoms with Crippen molar-refractivity contribution in [1.29, 1.82) is 0 Å². The maximum absolute atomic E-state index is 5.41. The molecule has 0 saturated heterocycles. The zero-order chi connectivity index (χ0) is 8.43. The van der Waals surface area contributed by atoms with Crippen molar-refractivity contribution in [1.82, 2.24) is 9.78 Å². The number of nitrogens with zero attached hydrogens (tertiary/aromatic N) is 2. The summed E-state index contributed by atoms with van der Waals surface area (Å²) in [5.41, 5.74) is 6.23. The van der Waals surface area contributed by atoms with E-state index in [1.54, 1.807) is 6.20 Å². The molecule has 1 rings (SSSR count). The van der Waals surface area contributed by atoms with E-state index in [0.717, 1.165) is 5.56 Å². The van der Waals surface area contributed by atoms with E-state index in [4.69, 9.17) is 18.0 Å². The average Bonchev–Trinajstić information content (AvgIpc) is 2.33. The molecule has 0 amide bonds. The molecule has 0 bridgehead atoms. The molecule has 0 unspecified atom stereocenters. The van der Waals surface area contributed by atoms with Crippen LogP contribution < -0.4 is 5.73 Å². The van der Waals surface area contributed by atoms with Crippen LogP contribution in [0.4, 0.5) is 0 Å². The summed E-state index contributed by atoms with van der Waals surface area (Å²) < 4.78 is 1.83. The number of hydrogen-bond acceptors (Lipinski definition) is 2. The highest BCUT2D eigenvalue weighted by molar-refractivity contribution is 7.80. The molecule has 0 radical (unpaired) electrons. The minimum absolute atomic E-state index is 0.359. The van der Waals surface area contributed by atoms with Crippen molar-refractivity contribution < 1.29 is 0 Å². The van der Waals surface area contributed by atoms with Gasteiger partial charge in [0.05, 0.1) is 6.20 Å². The van der Waals surface area contributed by atoms with Crippen molar-refractivity contribution in [3.63, 3.8) is 0 Å². The Kier molecular flexibility index (Phi) is 2.24. The third-order valence-electron chi connectivity index (χ3n) is 1.42. The van der Waals surface area contributed by atoms with Crippen molar-refractivity contribution in [3.8, 4) is 0 Å². The molecule has 3 nitrogen and oxygen atoms in total. The second-order valence-electron chi connectivity index (χ2n) is 2.67. The molecule has 0 aliphatic carbocycles. The van der Waals surface area contributed by atoms with Gasteiger partial charge in [0, 0.05) is 17.8 Å². The maximum atomic E-state index is 5.41. The molecule has 0 atom stereocenters. The van der Waals surface area contributed by atoms with Gasteiger partial charge in [-0.25, -0.2) is 0 Å². The van der Waals surface area contributed by atoms with Crippen molar-refractivity contribution in [3.05, 3.63) is 18.0 Å². The Balaban J connectivity index is 2.90. The lowest BCUT2D eigenvalue weighted by molar-refractivity contribution is 0.532. The normalized spacial score (nSPS) is 10.5. The third-order valence-corrected chi connectivity index (χ3v) is 1.65. The van der Waals surface area contributed by atoms with Crippen LogP contribution in [0.1, 0.15) is 25.5 Å². The predicted molar refractivity (Wildman–Crippen MR) is 48.5 cm³/mol. The molecule has 4 heteroatoms. The van der Waals surface area contributed by atoms with E-state index in [-0.39, 0.29) is 0 Å². The summed E-state index contributed by atoms with van der Waals surface area (Å²) in [6.07, 6.45) is 3.54. The summed E-state index contributed by atoms with van der Waals surface area (Å²) in [6, 6.07) is 0.359. The maximum Gasteiger partial charge on any atom is 0.107 e. The highest BCUT2D eigenvalue weighted by Crippen LogP contribution is 2.04. The Morgan fingerprint density at radius 3 is 2.64 bits per heavy atom. The second-order valence-corrected chi connectivity index (χ2v) is 3.11. The first kappa shape index (κ1) is 8.20. The third kappa shape index (κ3) is 1.77. The molecule has 0 spiro atoms. The molecule has 1 aromatic rings. The summed E-state index contributed by atoms with van der Waals surface area (Å²) >= 11 is 4.79. The van der Waals surface area contributed by atoms with Crippen molar-refractivity contribution >= 4 is 17.2 Å². The van der Waals surface area contributed by atoms with Gasteiger partial charge >= 0.3 is 0 Å². The van der Waals surface area contributed by atoms with Crippen molar-refractivity contribution in [2.45, 2.75) is 19.9 Å². The van der Waals surface area contributed by atoms with Gasteiger partial charge in [-0.3, -0.25) is 4.68 Å². The standard InChI is InChI=1S/C7H11N3S/c1-5(2)10-4-6(3-9-10)7(8)11/h3-5H,1-2H3,(H2,8,11). The lowest BCUT2D eigenvalue weighted by Gasteiger charge is -2.02. The van der Waals surface area contributed by atoms with Gasteiger partial charge in [0.1, 0.15) is 4.99 Å². The number of rotatable bonds is 2. The molecular weight excluding hydrogens is 158 g/mol. The zero-order valence-electron chi connectivity index (χ0n) is 6.61. The van der Waals surface area contributed by atoms with Crippen LogP contribution in [0.15, 0.2) is 12.4 Å². The molecule has 0 saturated carbocycles. The van der Waals surface area contributed by atoms with Crippen LogP contribution in [-0.2, 0) is 0 Å². The van der Waals surface area contributed by atoms with E-state index in [1.165, 1.54) is 0 Å². The number of thiocarbonyl (C=S) groups is 1. The molecule has 2 N–H and O–H groups in total. The number of hydrogen-bond donors (Lipinski definition) is 1. The summed E-state index contributed by atoms with van der Waals surface area (Å²) in [5.74, 6) is 0. The summed E-state index contributed by atoms with van der Waals surface area (Å²) in [4.78, 5) is 0.400. The topological polar surface area (TPSA) is 43.8 Å². The lowest BCUT2D eigenvalue weighted by atomic mass is 10.3. The fourth-order valence-electron chi connectivity index (χ4n) is 0.748. The van der Waals surface area contributed by atoms with E-state index >= 15 is 0 Å². The van der Waals surface area contributed by atoms with Crippen molar-refractivity contribution in [2.24, 2.45) is 5.73 Å². The molecule has 0 fully saturated rings. The highest BCUT2D eigenvalue weighted by atomic mass is 32.1. The molecule has 0 aliphatic rings. The van der Waals surface area contributed by atoms with Gasteiger partial charge in [-0.1, -0.05) is 12.2 Å². The van der Waals surface area contributed by atoms with E-state index in [9.17, 15) is 0 Å². The zero-order valence-corrected chi connectivity index (χ0v) is 7.43. The minimum Gasteiger partial charge on any atom is -0.389 e. The number of nitrogens with two attached hydrogens (primary N) is 1. The van der Waals surface area contributed by atoms with Gasteiger partial charge in [-0.2, -0.15) is 5.10 Å². The summed E-state index contributed by atoms with van der Waals surface area (Å²) in [6.45, 7) is 4.10. The van der Waals surface area contributed by atoms with Crippen molar-refractivity contribution in [2.75, 3.05) is 0 Å². The largest absolute Gasteiger partial charge is 0.389 e. The molecular formula is C7H11N3S. The molecule has 0 aliphatic heterocycles. The van der Waals surface area contributed by atoms with Crippen LogP contribution in [0.3, 0.4) is 0 Å². The second kappa shape index (κ2) is 3.00. The van der Waals surface area contributed by atoms with Crippen LogP contribution in [0.5, 0.6) is 0 Å². The molecule has 11 heavy (non-hydrogen) atoms. The van der Waals surface area contributed by atoms with E-state index in [0.29, 0.717) is 11.0 Å². The average molecular weight is 169 g/mol. The Bertz CT molecular complexity index is 264. The Hall–Kier alpha value is -0.900. The van der Waals surface area contributed by atoms with Gasteiger partial charge in [0.2, 0.25) is 0 Å². The van der Waals surface area contributed by atoms with Gasteiger partial charge in [-0.15, -0.1) is 0 Å². The first-order valence-corrected chi connectivity index (χ1v) is 3.86. The molecule has 1 aromatic heterocycles. The summed E-state index contributed by atoms with van der Waals surface area (Å²) in [5, 5.41) is 4.09. The van der Waals surface area contributed by atoms with Crippen LogP contribution in [-0.4, -0.2) is 14.8 Å². The Labute approximate surface area is 71.2 Å². The first-order valence-electron chi connectivity index (χ1n) is 3.45. The van der Waals surface area contributed by atoms with Crippen LogP contribution in [0.2, 0.25) is 0 Å². The summed E-state index contributed by atoms with van der Waals surface area (Å²) in [7, 11) is 0. The minimum atomic E-state index is 0.359. The smallest absolute Gasteiger partial charge is 0.107 e. The first-order chi connectivity index (χ1) is 5.11. The van der Waals surface area contributed by atoms with E-state index in [1.807, 2.05) is 10.9 Å². The quantitative estimate of drug-likeness (QED) is 0.674. The molecule has 0 aromatic carbocycles. The van der Waals surface area contributed by atoms with Gasteiger partial charge < -0.3 is 5.73 Å². The lowest BCUT2D eigenvalue weighted by Crippen LogP contribution is -2.08. The predicted octanol–water partition coefficient (Wildman–Crippen LogP) is 1.10. The van der Waals surface area contributed by atoms with Crippen LogP contribution in [0.25, 0.3) is 0 Å². The Morgan fingerprint density at radius 1 is 1.73 bits per heavy atom. The fourth-order valence-corrected chi connectivity index (χ4v) is 0.853. The van der Waals surface area contributed by atoms with E-state index < -0.39 is 0 Å². The monoisotopic (exact) mass is 169 g/mol. The van der Waals surface area contributed by atoms with E-state index in [2.05, 4.69) is 18.9 Å². The van der Waals surface area contributed by atoms with Gasteiger partial charge in [0.25, 0.3) is 0 Å². The van der Waals surface area contributed by atoms with Gasteiger partial charge in [0.15, 0.2) is 0 Å². The van der Waals surface area contributed by atoms with Crippen LogP contribution >= 0.6 is 12.2 Å².